The lowest BCUT2D eigenvalue weighted by atomic mass is 10.1. The van der Waals surface area contributed by atoms with Crippen molar-refractivity contribution >= 4 is 30.3 Å². The number of benzene rings is 3. The minimum Gasteiger partial charge on any atom is -0.465 e. The molecule has 3 aromatic carbocycles. The predicted molar refractivity (Wildman–Crippen MR) is 134 cm³/mol. The SMILES string of the molecule is COC(=O)c1cc(CCCO[Si](c2ccccc2)(c2ccccc2)C(C)(C)C)ccc1N. The Morgan fingerprint density at radius 3 is 1.97 bits per heavy atom. The van der Waals surface area contributed by atoms with E-state index in [1.165, 1.54) is 17.5 Å². The van der Waals surface area contributed by atoms with E-state index in [0.29, 0.717) is 17.9 Å². The lowest BCUT2D eigenvalue weighted by molar-refractivity contribution is 0.0602. The van der Waals surface area contributed by atoms with Gasteiger partial charge in [-0.25, -0.2) is 4.79 Å². The molecule has 0 aliphatic heterocycles. The van der Waals surface area contributed by atoms with Crippen LogP contribution in [-0.4, -0.2) is 28.0 Å². The van der Waals surface area contributed by atoms with Gasteiger partial charge in [0.1, 0.15) is 0 Å². The highest BCUT2D eigenvalue weighted by molar-refractivity contribution is 6.99. The fourth-order valence-corrected chi connectivity index (χ4v) is 8.91. The average molecular weight is 448 g/mol. The van der Waals surface area contributed by atoms with Gasteiger partial charge in [0.05, 0.1) is 12.7 Å². The third-order valence-electron chi connectivity index (χ3n) is 5.87. The lowest BCUT2D eigenvalue weighted by Crippen LogP contribution is -2.66. The number of carbonyl (C=O) groups is 1. The topological polar surface area (TPSA) is 61.5 Å². The van der Waals surface area contributed by atoms with Crippen molar-refractivity contribution in [2.45, 2.75) is 38.7 Å². The van der Waals surface area contributed by atoms with E-state index in [-0.39, 0.29) is 5.04 Å². The van der Waals surface area contributed by atoms with Crippen LogP contribution in [0.5, 0.6) is 0 Å². The van der Waals surface area contributed by atoms with Gasteiger partial charge in [0.25, 0.3) is 8.32 Å². The van der Waals surface area contributed by atoms with E-state index in [9.17, 15) is 4.79 Å². The summed E-state index contributed by atoms with van der Waals surface area (Å²) in [5.74, 6) is -0.409. The van der Waals surface area contributed by atoms with Crippen LogP contribution in [0.15, 0.2) is 78.9 Å². The molecule has 0 amide bonds. The number of anilines is 1. The van der Waals surface area contributed by atoms with Crippen LogP contribution >= 0.6 is 0 Å². The first-order valence-electron chi connectivity index (χ1n) is 11.0. The van der Waals surface area contributed by atoms with Crippen LogP contribution in [0.4, 0.5) is 5.69 Å². The molecule has 0 saturated heterocycles. The van der Waals surface area contributed by atoms with Crippen molar-refractivity contribution in [1.82, 2.24) is 0 Å². The normalized spacial score (nSPS) is 11.9. The number of nitrogen functional groups attached to an aromatic ring is 1. The summed E-state index contributed by atoms with van der Waals surface area (Å²) in [5.41, 5.74) is 7.83. The summed E-state index contributed by atoms with van der Waals surface area (Å²) in [6, 6.07) is 26.8. The summed E-state index contributed by atoms with van der Waals surface area (Å²) in [6.45, 7) is 7.47. The fraction of sp³-hybridized carbons (Fsp3) is 0.296. The largest absolute Gasteiger partial charge is 0.465 e. The highest BCUT2D eigenvalue weighted by Gasteiger charge is 2.49. The second kappa shape index (κ2) is 10.2. The number of nitrogens with two attached hydrogens (primary N) is 1. The third kappa shape index (κ3) is 4.95. The van der Waals surface area contributed by atoms with Crippen LogP contribution in [-0.2, 0) is 15.6 Å². The summed E-state index contributed by atoms with van der Waals surface area (Å²) in [6.07, 6.45) is 1.64. The molecule has 0 aliphatic carbocycles. The second-order valence-electron chi connectivity index (χ2n) is 9.03. The second-order valence-corrected chi connectivity index (χ2v) is 13.3. The minimum atomic E-state index is -2.53. The number of hydrogen-bond acceptors (Lipinski definition) is 4. The van der Waals surface area contributed by atoms with Crippen molar-refractivity contribution in [3.8, 4) is 0 Å². The number of ether oxygens (including phenoxy) is 1. The molecule has 4 nitrogen and oxygen atoms in total. The first kappa shape index (κ1) is 23.8. The van der Waals surface area contributed by atoms with E-state index in [1.807, 2.05) is 12.1 Å². The molecule has 3 aromatic rings. The van der Waals surface area contributed by atoms with E-state index in [1.54, 1.807) is 6.07 Å². The van der Waals surface area contributed by atoms with Gasteiger partial charge in [-0.1, -0.05) is 87.5 Å². The van der Waals surface area contributed by atoms with E-state index < -0.39 is 14.3 Å². The molecule has 3 rings (SSSR count). The summed E-state index contributed by atoms with van der Waals surface area (Å²) in [7, 11) is -1.16. The van der Waals surface area contributed by atoms with Gasteiger partial charge in [-0.05, 0) is 45.9 Å². The molecule has 0 unspecified atom stereocenters. The number of carbonyl (C=O) groups excluding carboxylic acids is 1. The Morgan fingerprint density at radius 2 is 1.47 bits per heavy atom. The zero-order chi connectivity index (χ0) is 23.2. The Hall–Kier alpha value is -2.89. The highest BCUT2D eigenvalue weighted by atomic mass is 28.4. The number of hydrogen-bond donors (Lipinski definition) is 1. The quantitative estimate of drug-likeness (QED) is 0.238. The van der Waals surface area contributed by atoms with Crippen LogP contribution < -0.4 is 16.1 Å². The Kier molecular flexibility index (Phi) is 7.54. The van der Waals surface area contributed by atoms with Crippen LogP contribution in [0.1, 0.15) is 43.1 Å². The van der Waals surface area contributed by atoms with Gasteiger partial charge in [-0.3, -0.25) is 0 Å². The summed E-state index contributed by atoms with van der Waals surface area (Å²) < 4.78 is 11.8. The first-order valence-corrected chi connectivity index (χ1v) is 12.9. The molecule has 0 saturated carbocycles. The molecule has 0 atom stereocenters. The molecule has 168 valence electrons. The van der Waals surface area contributed by atoms with Gasteiger partial charge in [0, 0.05) is 12.3 Å². The summed E-state index contributed by atoms with van der Waals surface area (Å²) in [5, 5.41) is 2.51. The summed E-state index contributed by atoms with van der Waals surface area (Å²) >= 11 is 0. The average Bonchev–Trinajstić information content (AvgIpc) is 2.80. The van der Waals surface area contributed by atoms with Gasteiger partial charge in [0.15, 0.2) is 0 Å². The van der Waals surface area contributed by atoms with Gasteiger partial charge in [-0.2, -0.15) is 0 Å². The van der Waals surface area contributed by atoms with Crippen molar-refractivity contribution in [3.05, 3.63) is 90.0 Å². The van der Waals surface area contributed by atoms with E-state index in [2.05, 4.69) is 81.4 Å². The highest BCUT2D eigenvalue weighted by Crippen LogP contribution is 2.36. The zero-order valence-corrected chi connectivity index (χ0v) is 20.4. The van der Waals surface area contributed by atoms with Crippen molar-refractivity contribution in [2.75, 3.05) is 19.5 Å². The Labute approximate surface area is 192 Å². The molecule has 0 radical (unpaired) electrons. The maximum Gasteiger partial charge on any atom is 0.339 e. The van der Waals surface area contributed by atoms with E-state index in [4.69, 9.17) is 14.9 Å². The maximum absolute atomic E-state index is 12.0. The first-order chi connectivity index (χ1) is 15.3. The molecule has 0 aliphatic rings. The van der Waals surface area contributed by atoms with Crippen LogP contribution in [0, 0.1) is 0 Å². The summed E-state index contributed by atoms with van der Waals surface area (Å²) in [4.78, 5) is 12.0. The van der Waals surface area contributed by atoms with Crippen LogP contribution in [0.25, 0.3) is 0 Å². The third-order valence-corrected chi connectivity index (χ3v) is 10.9. The smallest absolute Gasteiger partial charge is 0.339 e. The fourth-order valence-electron chi connectivity index (χ4n) is 4.31. The molecule has 5 heteroatoms. The number of rotatable bonds is 8. The number of methoxy groups -OCH3 is 1. The Bertz CT molecular complexity index is 990. The molecule has 0 aromatic heterocycles. The van der Waals surface area contributed by atoms with Crippen molar-refractivity contribution in [1.29, 1.82) is 0 Å². The molecule has 0 fully saturated rings. The van der Waals surface area contributed by atoms with Gasteiger partial charge >= 0.3 is 5.97 Å². The maximum atomic E-state index is 12.0. The monoisotopic (exact) mass is 447 g/mol. The molecule has 2 N–H and O–H groups in total. The number of aryl methyl sites for hydroxylation is 1. The van der Waals surface area contributed by atoms with Crippen LogP contribution in [0.3, 0.4) is 0 Å². The van der Waals surface area contributed by atoms with Gasteiger partial charge < -0.3 is 14.9 Å². The molecular weight excluding hydrogens is 414 g/mol. The number of esters is 1. The zero-order valence-electron chi connectivity index (χ0n) is 19.4. The van der Waals surface area contributed by atoms with Crippen molar-refractivity contribution < 1.29 is 14.0 Å². The van der Waals surface area contributed by atoms with E-state index >= 15 is 0 Å². The molecule has 32 heavy (non-hydrogen) atoms. The molecule has 0 bridgehead atoms. The predicted octanol–water partition coefficient (Wildman–Crippen LogP) is 4.56. The Balaban J connectivity index is 1.84. The van der Waals surface area contributed by atoms with Gasteiger partial charge in [-0.15, -0.1) is 0 Å². The van der Waals surface area contributed by atoms with Crippen molar-refractivity contribution in [2.24, 2.45) is 0 Å². The van der Waals surface area contributed by atoms with Crippen molar-refractivity contribution in [3.63, 3.8) is 0 Å². The molecular formula is C27H33NO3Si. The minimum absolute atomic E-state index is 0.0467. The standard InChI is InChI=1S/C27H33NO3Si/c1-27(2,3)32(22-13-7-5-8-14-22,23-15-9-6-10-16-23)31-19-11-12-21-17-18-25(28)24(20-21)26(29)30-4/h5-10,13-18,20H,11-12,19,28H2,1-4H3. The van der Waals surface area contributed by atoms with Crippen LogP contribution in [0.2, 0.25) is 5.04 Å². The Morgan fingerprint density at radius 1 is 0.906 bits per heavy atom. The van der Waals surface area contributed by atoms with Gasteiger partial charge in [0.2, 0.25) is 0 Å². The molecule has 0 spiro atoms. The molecule has 0 heterocycles. The van der Waals surface area contributed by atoms with E-state index in [0.717, 1.165) is 18.4 Å². The lowest BCUT2D eigenvalue weighted by Gasteiger charge is -2.43.